The van der Waals surface area contributed by atoms with Gasteiger partial charge in [0.1, 0.15) is 11.5 Å². The summed E-state index contributed by atoms with van der Waals surface area (Å²) in [7, 11) is 0. The number of hydrogen-bond donors (Lipinski definition) is 2. The van der Waals surface area contributed by atoms with E-state index in [2.05, 4.69) is 10.3 Å². The van der Waals surface area contributed by atoms with Crippen molar-refractivity contribution in [1.82, 2.24) is 4.98 Å². The molecule has 1 aromatic heterocycles. The maximum atomic E-state index is 13.4. The van der Waals surface area contributed by atoms with Gasteiger partial charge in [-0.05, 0) is 36.2 Å². The van der Waals surface area contributed by atoms with E-state index in [1.165, 1.54) is 0 Å². The number of H-pyrrole nitrogens is 1. The molecular formula is C25H20N2O3. The van der Waals surface area contributed by atoms with Crippen LogP contribution in [0.25, 0.3) is 10.9 Å². The molecule has 2 heterocycles. The zero-order valence-electron chi connectivity index (χ0n) is 16.4. The number of hydrogen-bond acceptors (Lipinski definition) is 3. The molecule has 0 bridgehead atoms. The molecule has 0 unspecified atom stereocenters. The van der Waals surface area contributed by atoms with Crippen molar-refractivity contribution >= 4 is 22.5 Å². The molecule has 5 nitrogen and oxygen atoms in total. The number of carbonyl (C=O) groups excluding carboxylic acids is 1. The van der Waals surface area contributed by atoms with Gasteiger partial charge in [-0.25, -0.2) is 0 Å². The number of ether oxygens (including phenoxy) is 1. The molecule has 0 saturated carbocycles. The standard InChI is InChI=1S/C25H20N2O3/c1-2-15-13-23(28)27-20-14-16(11-12-17(15)20)26-25(29)24-18-7-3-5-9-21(18)30-22-10-6-4-8-19(22)24/h3-14,24H,2H2,1H3,(H,26,29)(H,27,28). The Kier molecular flexibility index (Phi) is 4.36. The van der Waals surface area contributed by atoms with E-state index in [4.69, 9.17) is 4.74 Å². The SMILES string of the molecule is CCc1cc(=O)[nH]c2cc(NC(=O)C3c4ccccc4Oc4ccccc43)ccc12. The minimum absolute atomic E-state index is 0.143. The van der Waals surface area contributed by atoms with Crippen molar-refractivity contribution < 1.29 is 9.53 Å². The van der Waals surface area contributed by atoms with E-state index in [1.54, 1.807) is 6.07 Å². The Morgan fingerprint density at radius 1 is 0.967 bits per heavy atom. The van der Waals surface area contributed by atoms with Gasteiger partial charge >= 0.3 is 0 Å². The lowest BCUT2D eigenvalue weighted by Gasteiger charge is -2.27. The lowest BCUT2D eigenvalue weighted by molar-refractivity contribution is -0.116. The number of fused-ring (bicyclic) bond motifs is 3. The van der Waals surface area contributed by atoms with Crippen LogP contribution in [0.5, 0.6) is 11.5 Å². The predicted molar refractivity (Wildman–Crippen MR) is 117 cm³/mol. The number of benzene rings is 3. The van der Waals surface area contributed by atoms with Crippen LogP contribution >= 0.6 is 0 Å². The zero-order chi connectivity index (χ0) is 20.7. The molecule has 5 rings (SSSR count). The molecule has 0 fully saturated rings. The largest absolute Gasteiger partial charge is 0.457 e. The van der Waals surface area contributed by atoms with Gasteiger partial charge in [0.05, 0.1) is 11.4 Å². The Labute approximate surface area is 173 Å². The second-order valence-corrected chi connectivity index (χ2v) is 7.37. The maximum Gasteiger partial charge on any atom is 0.248 e. The van der Waals surface area contributed by atoms with Crippen molar-refractivity contribution in [3.05, 3.63) is 99.8 Å². The molecule has 2 N–H and O–H groups in total. The average Bonchev–Trinajstić information content (AvgIpc) is 2.76. The third kappa shape index (κ3) is 3.05. The Balaban J connectivity index is 1.54. The molecule has 4 aromatic rings. The van der Waals surface area contributed by atoms with E-state index < -0.39 is 5.92 Å². The summed E-state index contributed by atoms with van der Waals surface area (Å²) in [4.78, 5) is 28.2. The van der Waals surface area contributed by atoms with Gasteiger partial charge < -0.3 is 15.0 Å². The zero-order valence-corrected chi connectivity index (χ0v) is 16.4. The van der Waals surface area contributed by atoms with Crippen LogP contribution < -0.4 is 15.6 Å². The highest BCUT2D eigenvalue weighted by molar-refractivity contribution is 6.01. The summed E-state index contributed by atoms with van der Waals surface area (Å²) in [6.07, 6.45) is 0.766. The molecule has 148 valence electrons. The van der Waals surface area contributed by atoms with Gasteiger partial charge in [0.2, 0.25) is 11.5 Å². The Morgan fingerprint density at radius 3 is 2.30 bits per heavy atom. The van der Waals surface area contributed by atoms with Gasteiger partial charge in [0, 0.05) is 28.3 Å². The van der Waals surface area contributed by atoms with Crippen molar-refractivity contribution in [2.24, 2.45) is 0 Å². The number of rotatable bonds is 3. The summed E-state index contributed by atoms with van der Waals surface area (Å²) in [5.74, 6) is 0.743. The van der Waals surface area contributed by atoms with E-state index in [0.717, 1.165) is 28.5 Å². The van der Waals surface area contributed by atoms with Gasteiger partial charge in [-0.1, -0.05) is 49.4 Å². The topological polar surface area (TPSA) is 71.2 Å². The highest BCUT2D eigenvalue weighted by atomic mass is 16.5. The van der Waals surface area contributed by atoms with Crippen molar-refractivity contribution in [3.8, 4) is 11.5 Å². The number of aromatic nitrogens is 1. The number of carbonyl (C=O) groups is 1. The Hall–Kier alpha value is -3.86. The summed E-state index contributed by atoms with van der Waals surface area (Å²) in [6.45, 7) is 2.02. The average molecular weight is 396 g/mol. The van der Waals surface area contributed by atoms with E-state index in [9.17, 15) is 9.59 Å². The van der Waals surface area contributed by atoms with E-state index in [0.29, 0.717) is 22.7 Å². The van der Waals surface area contributed by atoms with E-state index >= 15 is 0 Å². The van der Waals surface area contributed by atoms with Crippen LogP contribution in [0.2, 0.25) is 0 Å². The van der Waals surface area contributed by atoms with Gasteiger partial charge in [0.25, 0.3) is 0 Å². The molecule has 1 amide bonds. The van der Waals surface area contributed by atoms with Crippen LogP contribution in [0, 0.1) is 0 Å². The van der Waals surface area contributed by atoms with Crippen LogP contribution in [0.15, 0.2) is 77.6 Å². The Bertz CT molecular complexity index is 1290. The second-order valence-electron chi connectivity index (χ2n) is 7.37. The molecular weight excluding hydrogens is 376 g/mol. The summed E-state index contributed by atoms with van der Waals surface area (Å²) >= 11 is 0. The quantitative estimate of drug-likeness (QED) is 0.514. The normalized spacial score (nSPS) is 12.7. The van der Waals surface area contributed by atoms with E-state index in [1.807, 2.05) is 73.7 Å². The monoisotopic (exact) mass is 396 g/mol. The fourth-order valence-corrected chi connectivity index (χ4v) is 4.11. The molecule has 0 saturated heterocycles. The lowest BCUT2D eigenvalue weighted by Crippen LogP contribution is -2.25. The van der Waals surface area contributed by atoms with Crippen LogP contribution in [-0.4, -0.2) is 10.9 Å². The molecule has 0 radical (unpaired) electrons. The highest BCUT2D eigenvalue weighted by Gasteiger charge is 2.32. The van der Waals surface area contributed by atoms with Crippen LogP contribution in [0.3, 0.4) is 0 Å². The number of anilines is 1. The number of aromatic amines is 1. The summed E-state index contributed by atoms with van der Waals surface area (Å²) < 4.78 is 5.98. The van der Waals surface area contributed by atoms with Crippen LogP contribution in [0.4, 0.5) is 5.69 Å². The van der Waals surface area contributed by atoms with Gasteiger partial charge in [-0.2, -0.15) is 0 Å². The predicted octanol–water partition coefficient (Wildman–Crippen LogP) is 4.97. The van der Waals surface area contributed by atoms with Crippen LogP contribution in [-0.2, 0) is 11.2 Å². The number of nitrogens with one attached hydrogen (secondary N) is 2. The number of para-hydroxylation sites is 2. The molecule has 3 aromatic carbocycles. The third-order valence-corrected chi connectivity index (χ3v) is 5.52. The number of pyridine rings is 1. The first-order valence-electron chi connectivity index (χ1n) is 9.96. The molecule has 1 aliphatic heterocycles. The molecule has 0 spiro atoms. The van der Waals surface area contributed by atoms with Crippen molar-refractivity contribution in [3.63, 3.8) is 0 Å². The number of aryl methyl sites for hydroxylation is 1. The molecule has 5 heteroatoms. The summed E-state index contributed by atoms with van der Waals surface area (Å²) in [5.41, 5.74) is 3.85. The third-order valence-electron chi connectivity index (χ3n) is 5.52. The second kappa shape index (κ2) is 7.19. The lowest BCUT2D eigenvalue weighted by atomic mass is 9.87. The minimum atomic E-state index is -0.483. The maximum absolute atomic E-state index is 13.4. The van der Waals surface area contributed by atoms with Crippen molar-refractivity contribution in [2.45, 2.75) is 19.3 Å². The van der Waals surface area contributed by atoms with Crippen LogP contribution in [0.1, 0.15) is 29.5 Å². The summed E-state index contributed by atoms with van der Waals surface area (Å²) in [5, 5.41) is 4.01. The minimum Gasteiger partial charge on any atom is -0.457 e. The van der Waals surface area contributed by atoms with Gasteiger partial charge in [0.15, 0.2) is 0 Å². The Morgan fingerprint density at radius 2 is 1.63 bits per heavy atom. The first kappa shape index (κ1) is 18.2. The fraction of sp³-hybridized carbons (Fsp3) is 0.120. The van der Waals surface area contributed by atoms with Crippen molar-refractivity contribution in [1.29, 1.82) is 0 Å². The van der Waals surface area contributed by atoms with Gasteiger partial charge in [-0.3, -0.25) is 9.59 Å². The van der Waals surface area contributed by atoms with Gasteiger partial charge in [-0.15, -0.1) is 0 Å². The first-order chi connectivity index (χ1) is 14.6. The smallest absolute Gasteiger partial charge is 0.248 e. The molecule has 0 atom stereocenters. The fourth-order valence-electron chi connectivity index (χ4n) is 4.11. The molecule has 1 aliphatic rings. The number of amides is 1. The first-order valence-corrected chi connectivity index (χ1v) is 9.96. The molecule has 0 aliphatic carbocycles. The highest BCUT2D eigenvalue weighted by Crippen LogP contribution is 2.44. The van der Waals surface area contributed by atoms with Crippen molar-refractivity contribution in [2.75, 3.05) is 5.32 Å². The van der Waals surface area contributed by atoms with E-state index in [-0.39, 0.29) is 11.5 Å². The molecule has 30 heavy (non-hydrogen) atoms. The summed E-state index contributed by atoms with van der Waals surface area (Å²) in [6, 6.07) is 22.4.